The molecule has 2 bridgehead atoms. The Bertz CT molecular complexity index is 768. The standard InChI is InChI=1S/C16H12Cl2O5/c1-21-14(19)12-11-5-6-16(23-11,13(12)15(20)22-2)9-4-3-8(17)7-10(9)18/h3-7,11H,1-2H3/t11-,16-/m1/s1. The number of hydrogen-bond donors (Lipinski definition) is 0. The smallest absolute Gasteiger partial charge is 0.338 e. The monoisotopic (exact) mass is 354 g/mol. The van der Waals surface area contributed by atoms with E-state index in [1.54, 1.807) is 30.4 Å². The summed E-state index contributed by atoms with van der Waals surface area (Å²) in [5, 5.41) is 0.763. The van der Waals surface area contributed by atoms with Crippen molar-refractivity contribution < 1.29 is 23.8 Å². The van der Waals surface area contributed by atoms with E-state index in [0.29, 0.717) is 15.6 Å². The van der Waals surface area contributed by atoms with Crippen molar-refractivity contribution in [2.45, 2.75) is 11.7 Å². The first-order chi connectivity index (χ1) is 10.9. The number of esters is 2. The van der Waals surface area contributed by atoms with Crippen LogP contribution in [0.25, 0.3) is 0 Å². The third-order valence-corrected chi connectivity index (χ3v) is 4.42. The Hall–Kier alpha value is -1.82. The number of fused-ring (bicyclic) bond motifs is 2. The number of ether oxygens (including phenoxy) is 3. The summed E-state index contributed by atoms with van der Waals surface area (Å²) in [5.41, 5.74) is -0.596. The van der Waals surface area contributed by atoms with E-state index in [1.807, 2.05) is 0 Å². The molecule has 0 spiro atoms. The molecule has 23 heavy (non-hydrogen) atoms. The predicted molar refractivity (Wildman–Crippen MR) is 83.2 cm³/mol. The Kier molecular flexibility index (Phi) is 3.96. The van der Waals surface area contributed by atoms with Crippen LogP contribution in [-0.2, 0) is 29.4 Å². The van der Waals surface area contributed by atoms with Crippen molar-refractivity contribution in [3.8, 4) is 0 Å². The quantitative estimate of drug-likeness (QED) is 0.616. The number of carbonyl (C=O) groups is 2. The molecule has 0 unspecified atom stereocenters. The highest BCUT2D eigenvalue weighted by atomic mass is 35.5. The molecule has 3 rings (SSSR count). The van der Waals surface area contributed by atoms with Crippen LogP contribution >= 0.6 is 23.2 Å². The lowest BCUT2D eigenvalue weighted by Gasteiger charge is -2.27. The van der Waals surface area contributed by atoms with Crippen LogP contribution < -0.4 is 0 Å². The number of benzene rings is 1. The van der Waals surface area contributed by atoms with Crippen LogP contribution in [0.4, 0.5) is 0 Å². The van der Waals surface area contributed by atoms with Crippen LogP contribution in [0.5, 0.6) is 0 Å². The largest absolute Gasteiger partial charge is 0.466 e. The fraction of sp³-hybridized carbons (Fsp3) is 0.250. The van der Waals surface area contributed by atoms with Crippen molar-refractivity contribution in [3.05, 3.63) is 57.1 Å². The van der Waals surface area contributed by atoms with Crippen molar-refractivity contribution in [1.29, 1.82) is 0 Å². The predicted octanol–water partition coefficient (Wildman–Crippen LogP) is 2.80. The summed E-state index contributed by atoms with van der Waals surface area (Å²) in [6, 6.07) is 4.83. The molecule has 7 heteroatoms. The highest BCUT2D eigenvalue weighted by Crippen LogP contribution is 2.52. The van der Waals surface area contributed by atoms with Crippen LogP contribution in [0, 0.1) is 0 Å². The Labute approximate surface area is 142 Å². The summed E-state index contributed by atoms with van der Waals surface area (Å²) in [7, 11) is 2.47. The van der Waals surface area contributed by atoms with Crippen molar-refractivity contribution in [3.63, 3.8) is 0 Å². The van der Waals surface area contributed by atoms with Gasteiger partial charge in [-0.3, -0.25) is 0 Å². The van der Waals surface area contributed by atoms with Crippen molar-refractivity contribution >= 4 is 35.1 Å². The summed E-state index contributed by atoms with van der Waals surface area (Å²) < 4.78 is 15.5. The molecule has 2 aliphatic heterocycles. The van der Waals surface area contributed by atoms with Crippen LogP contribution in [0.2, 0.25) is 10.0 Å². The van der Waals surface area contributed by atoms with Gasteiger partial charge >= 0.3 is 11.9 Å². The molecule has 1 aromatic rings. The molecule has 120 valence electrons. The lowest BCUT2D eigenvalue weighted by atomic mass is 9.81. The molecule has 0 N–H and O–H groups in total. The van der Waals surface area contributed by atoms with E-state index in [0.717, 1.165) is 0 Å². The van der Waals surface area contributed by atoms with Gasteiger partial charge in [0, 0.05) is 15.6 Å². The Balaban J connectivity index is 2.24. The van der Waals surface area contributed by atoms with Gasteiger partial charge in [0.15, 0.2) is 0 Å². The number of hydrogen-bond acceptors (Lipinski definition) is 5. The molecule has 0 saturated heterocycles. The number of halogens is 2. The minimum absolute atomic E-state index is 0.0728. The molecule has 2 heterocycles. The topological polar surface area (TPSA) is 61.8 Å². The fourth-order valence-electron chi connectivity index (χ4n) is 2.91. The maximum Gasteiger partial charge on any atom is 0.338 e. The number of methoxy groups -OCH3 is 2. The first kappa shape index (κ1) is 16.1. The Morgan fingerprint density at radius 2 is 1.87 bits per heavy atom. The molecule has 0 saturated carbocycles. The second kappa shape index (κ2) is 5.67. The third kappa shape index (κ3) is 2.27. The SMILES string of the molecule is COC(=O)C1=C(C(=O)OC)[C@]2(c3ccc(Cl)cc3Cl)C=C[C@H]1O2. The van der Waals surface area contributed by atoms with Gasteiger partial charge in [-0.25, -0.2) is 9.59 Å². The maximum absolute atomic E-state index is 12.3. The average molecular weight is 355 g/mol. The molecule has 0 fully saturated rings. The molecule has 5 nitrogen and oxygen atoms in total. The summed E-state index contributed by atoms with van der Waals surface area (Å²) >= 11 is 12.2. The van der Waals surface area contributed by atoms with Crippen molar-refractivity contribution in [1.82, 2.24) is 0 Å². The van der Waals surface area contributed by atoms with Gasteiger partial charge in [0.1, 0.15) is 11.7 Å². The Morgan fingerprint density at radius 3 is 2.48 bits per heavy atom. The summed E-state index contributed by atoms with van der Waals surface area (Å²) in [6.45, 7) is 0. The molecular weight excluding hydrogens is 343 g/mol. The summed E-state index contributed by atoms with van der Waals surface area (Å²) in [6.07, 6.45) is 2.68. The van der Waals surface area contributed by atoms with Crippen LogP contribution in [0.15, 0.2) is 41.5 Å². The zero-order chi connectivity index (χ0) is 16.8. The van der Waals surface area contributed by atoms with E-state index in [-0.39, 0.29) is 11.1 Å². The van der Waals surface area contributed by atoms with E-state index >= 15 is 0 Å². The van der Waals surface area contributed by atoms with Gasteiger partial charge in [-0.05, 0) is 18.2 Å². The maximum atomic E-state index is 12.3. The van der Waals surface area contributed by atoms with Gasteiger partial charge in [-0.15, -0.1) is 0 Å². The van der Waals surface area contributed by atoms with Gasteiger partial charge < -0.3 is 14.2 Å². The van der Waals surface area contributed by atoms with Crippen LogP contribution in [0.3, 0.4) is 0 Å². The van der Waals surface area contributed by atoms with E-state index in [9.17, 15) is 9.59 Å². The second-order valence-electron chi connectivity index (χ2n) is 5.03. The van der Waals surface area contributed by atoms with Gasteiger partial charge in [-0.2, -0.15) is 0 Å². The normalized spacial score (nSPS) is 25.0. The molecule has 2 atom stereocenters. The molecule has 0 radical (unpaired) electrons. The average Bonchev–Trinajstić information content (AvgIpc) is 3.10. The molecule has 2 aliphatic rings. The van der Waals surface area contributed by atoms with E-state index in [4.69, 9.17) is 37.4 Å². The molecule has 0 aliphatic carbocycles. The highest BCUT2D eigenvalue weighted by Gasteiger charge is 2.56. The minimum Gasteiger partial charge on any atom is -0.466 e. The first-order valence-corrected chi connectivity index (χ1v) is 7.44. The third-order valence-electron chi connectivity index (χ3n) is 3.87. The zero-order valence-corrected chi connectivity index (χ0v) is 13.8. The van der Waals surface area contributed by atoms with Crippen LogP contribution in [0.1, 0.15) is 5.56 Å². The van der Waals surface area contributed by atoms with E-state index < -0.39 is 23.6 Å². The highest BCUT2D eigenvalue weighted by molar-refractivity contribution is 6.35. The summed E-state index contributed by atoms with van der Waals surface area (Å²) in [5.74, 6) is -1.32. The molecular formula is C16H12Cl2O5. The number of carbonyl (C=O) groups excluding carboxylic acids is 2. The van der Waals surface area contributed by atoms with Crippen LogP contribution in [-0.4, -0.2) is 32.3 Å². The first-order valence-electron chi connectivity index (χ1n) is 6.68. The summed E-state index contributed by atoms with van der Waals surface area (Å²) in [4.78, 5) is 24.4. The van der Waals surface area contributed by atoms with E-state index in [2.05, 4.69) is 0 Å². The fourth-order valence-corrected chi connectivity index (χ4v) is 3.46. The van der Waals surface area contributed by atoms with Gasteiger partial charge in [0.05, 0.1) is 25.4 Å². The van der Waals surface area contributed by atoms with Crippen molar-refractivity contribution in [2.75, 3.05) is 14.2 Å². The van der Waals surface area contributed by atoms with Gasteiger partial charge in [0.25, 0.3) is 0 Å². The number of rotatable bonds is 3. The Morgan fingerprint density at radius 1 is 1.17 bits per heavy atom. The molecule has 1 aromatic carbocycles. The van der Waals surface area contributed by atoms with Crippen molar-refractivity contribution in [2.24, 2.45) is 0 Å². The molecule has 0 amide bonds. The van der Waals surface area contributed by atoms with E-state index in [1.165, 1.54) is 14.2 Å². The van der Waals surface area contributed by atoms with Gasteiger partial charge in [-0.1, -0.05) is 35.3 Å². The lowest BCUT2D eigenvalue weighted by molar-refractivity contribution is -0.139. The zero-order valence-electron chi connectivity index (χ0n) is 12.3. The lowest BCUT2D eigenvalue weighted by Crippen LogP contribution is -2.30. The minimum atomic E-state index is -1.29. The van der Waals surface area contributed by atoms with Gasteiger partial charge in [0.2, 0.25) is 0 Å². The second-order valence-corrected chi connectivity index (χ2v) is 5.87. The molecule has 0 aromatic heterocycles.